The molecule has 7 heteroatoms. The molecular formula is C23H25N3O3S. The number of thioether (sulfide) groups is 1. The molecule has 2 aliphatic rings. The number of hydrogen-bond acceptors (Lipinski definition) is 6. The van der Waals surface area contributed by atoms with Crippen molar-refractivity contribution in [3.8, 4) is 6.07 Å². The second-order valence-corrected chi connectivity index (χ2v) is 8.53. The number of amides is 2. The fourth-order valence-electron chi connectivity index (χ4n) is 4.04. The molecule has 1 aromatic rings. The van der Waals surface area contributed by atoms with Gasteiger partial charge in [0, 0.05) is 29.5 Å². The van der Waals surface area contributed by atoms with Gasteiger partial charge in [-0.1, -0.05) is 25.5 Å². The number of nitrogens with one attached hydrogen (secondary N) is 1. The molecule has 1 N–H and O–H groups in total. The molecule has 156 valence electrons. The first-order valence-corrected chi connectivity index (χ1v) is 11.1. The number of Topliss-reactive ketones (excluding diaryl/α,β-unsaturated/α-hetero) is 1. The van der Waals surface area contributed by atoms with Crippen LogP contribution >= 0.6 is 11.8 Å². The molecule has 2 heterocycles. The number of benzene rings is 1. The van der Waals surface area contributed by atoms with Crippen molar-refractivity contribution in [2.45, 2.75) is 40.0 Å². The van der Waals surface area contributed by atoms with Crippen molar-refractivity contribution in [3.05, 3.63) is 57.3 Å². The van der Waals surface area contributed by atoms with Crippen molar-refractivity contribution >= 4 is 29.4 Å². The van der Waals surface area contributed by atoms with Crippen molar-refractivity contribution < 1.29 is 14.4 Å². The van der Waals surface area contributed by atoms with Gasteiger partial charge in [-0.25, -0.2) is 0 Å². The SMILES string of the molecule is CCC[C@H]1C(C#N)=C(SCCCN2C(=O)c3ccccc3C2=O)NC(C)=C1C(C)=O. The molecule has 0 bridgehead atoms. The largest absolute Gasteiger partial charge is 0.353 e. The van der Waals surface area contributed by atoms with Gasteiger partial charge in [0.25, 0.3) is 11.8 Å². The van der Waals surface area contributed by atoms with Crippen LogP contribution in [0.15, 0.2) is 46.1 Å². The molecule has 0 unspecified atom stereocenters. The summed E-state index contributed by atoms with van der Waals surface area (Å²) in [6.07, 6.45) is 2.23. The maximum absolute atomic E-state index is 12.5. The highest BCUT2D eigenvalue weighted by atomic mass is 32.2. The van der Waals surface area contributed by atoms with Gasteiger partial charge >= 0.3 is 0 Å². The topological polar surface area (TPSA) is 90.3 Å². The molecule has 1 atom stereocenters. The van der Waals surface area contributed by atoms with Crippen molar-refractivity contribution in [2.24, 2.45) is 5.92 Å². The lowest BCUT2D eigenvalue weighted by Crippen LogP contribution is -2.31. The third-order valence-electron chi connectivity index (χ3n) is 5.37. The number of nitriles is 1. The van der Waals surface area contributed by atoms with Crippen LogP contribution in [0.5, 0.6) is 0 Å². The number of hydrogen-bond donors (Lipinski definition) is 1. The number of ketones is 1. The summed E-state index contributed by atoms with van der Waals surface area (Å²) in [5.41, 5.74) is 2.99. The fourth-order valence-corrected chi connectivity index (χ4v) is 5.08. The van der Waals surface area contributed by atoms with Crippen LogP contribution in [0.1, 0.15) is 60.7 Å². The average molecular weight is 424 g/mol. The lowest BCUT2D eigenvalue weighted by Gasteiger charge is -2.29. The Morgan fingerprint density at radius 3 is 2.40 bits per heavy atom. The molecule has 0 saturated heterocycles. The van der Waals surface area contributed by atoms with Gasteiger partial charge in [0.2, 0.25) is 0 Å². The summed E-state index contributed by atoms with van der Waals surface area (Å²) in [5, 5.41) is 13.7. The van der Waals surface area contributed by atoms with Gasteiger partial charge in [-0.3, -0.25) is 19.3 Å². The predicted molar refractivity (Wildman–Crippen MR) is 116 cm³/mol. The molecule has 2 amide bonds. The lowest BCUT2D eigenvalue weighted by molar-refractivity contribution is -0.114. The normalized spacial score (nSPS) is 18.5. The number of carbonyl (C=O) groups is 3. The van der Waals surface area contributed by atoms with Gasteiger partial charge in [0.15, 0.2) is 5.78 Å². The van der Waals surface area contributed by atoms with Crippen LogP contribution in [0.2, 0.25) is 0 Å². The number of allylic oxidation sites excluding steroid dienone is 3. The number of fused-ring (bicyclic) bond motifs is 1. The van der Waals surface area contributed by atoms with E-state index in [2.05, 4.69) is 11.4 Å². The average Bonchev–Trinajstić information content (AvgIpc) is 2.96. The Morgan fingerprint density at radius 2 is 1.87 bits per heavy atom. The predicted octanol–water partition coefficient (Wildman–Crippen LogP) is 4.02. The van der Waals surface area contributed by atoms with Crippen LogP contribution in [-0.4, -0.2) is 34.8 Å². The molecular weight excluding hydrogens is 398 g/mol. The number of imide groups is 1. The molecule has 0 aliphatic carbocycles. The maximum atomic E-state index is 12.5. The van der Waals surface area contributed by atoms with E-state index in [0.717, 1.165) is 23.6 Å². The van der Waals surface area contributed by atoms with Gasteiger partial charge in [0.1, 0.15) is 0 Å². The molecule has 1 aromatic carbocycles. The number of rotatable bonds is 8. The van der Waals surface area contributed by atoms with Gasteiger partial charge in [0.05, 0.1) is 27.8 Å². The molecule has 0 radical (unpaired) electrons. The zero-order valence-corrected chi connectivity index (χ0v) is 18.3. The van der Waals surface area contributed by atoms with Crippen LogP contribution in [-0.2, 0) is 4.79 Å². The highest BCUT2D eigenvalue weighted by Gasteiger charge is 2.35. The van der Waals surface area contributed by atoms with Crippen molar-refractivity contribution in [1.29, 1.82) is 5.26 Å². The first-order chi connectivity index (χ1) is 14.4. The summed E-state index contributed by atoms with van der Waals surface area (Å²) in [5.74, 6) is -0.0524. The van der Waals surface area contributed by atoms with Crippen LogP contribution in [0.25, 0.3) is 0 Å². The van der Waals surface area contributed by atoms with Crippen LogP contribution < -0.4 is 5.32 Å². The maximum Gasteiger partial charge on any atom is 0.261 e. The molecule has 2 aliphatic heterocycles. The minimum atomic E-state index is -0.249. The van der Waals surface area contributed by atoms with E-state index < -0.39 is 0 Å². The van der Waals surface area contributed by atoms with Gasteiger partial charge in [-0.2, -0.15) is 5.26 Å². The van der Waals surface area contributed by atoms with E-state index in [4.69, 9.17) is 0 Å². The summed E-state index contributed by atoms with van der Waals surface area (Å²) in [7, 11) is 0. The zero-order chi connectivity index (χ0) is 21.8. The van der Waals surface area contributed by atoms with E-state index in [0.29, 0.717) is 41.0 Å². The summed E-state index contributed by atoms with van der Waals surface area (Å²) in [6.45, 7) is 5.78. The molecule has 30 heavy (non-hydrogen) atoms. The van der Waals surface area contributed by atoms with E-state index in [1.54, 1.807) is 31.2 Å². The van der Waals surface area contributed by atoms with Crippen molar-refractivity contribution in [3.63, 3.8) is 0 Å². The number of nitrogens with zero attached hydrogens (tertiary/aromatic N) is 2. The van der Waals surface area contributed by atoms with Gasteiger partial charge in [-0.15, -0.1) is 11.8 Å². The molecule has 3 rings (SSSR count). The van der Waals surface area contributed by atoms with Crippen molar-refractivity contribution in [2.75, 3.05) is 12.3 Å². The van der Waals surface area contributed by atoms with E-state index in [9.17, 15) is 19.6 Å². The summed E-state index contributed by atoms with van der Waals surface area (Å²) in [6, 6.07) is 9.16. The highest BCUT2D eigenvalue weighted by Crippen LogP contribution is 2.37. The monoisotopic (exact) mass is 423 g/mol. The van der Waals surface area contributed by atoms with E-state index in [1.165, 1.54) is 16.7 Å². The quantitative estimate of drug-likeness (QED) is 0.502. The minimum absolute atomic E-state index is 0.0131. The van der Waals surface area contributed by atoms with E-state index >= 15 is 0 Å². The third-order valence-corrected chi connectivity index (χ3v) is 6.48. The Labute approximate surface area is 181 Å². The second-order valence-electron chi connectivity index (χ2n) is 7.43. The van der Waals surface area contributed by atoms with Crippen LogP contribution in [0, 0.1) is 17.2 Å². The standard InChI is InChI=1S/C23H25N3O3S/c1-4-8-16-19(13-24)21(25-14(2)20(16)15(3)27)30-12-7-11-26-22(28)17-9-5-6-10-18(17)23(26)29/h5-6,9-10,16,25H,4,7-8,11-12H2,1-3H3/t16-/m0/s1. The lowest BCUT2D eigenvalue weighted by atomic mass is 9.83. The van der Waals surface area contributed by atoms with Crippen molar-refractivity contribution in [1.82, 2.24) is 10.2 Å². The van der Waals surface area contributed by atoms with E-state index in [1.807, 2.05) is 13.8 Å². The minimum Gasteiger partial charge on any atom is -0.353 e. The fraction of sp³-hybridized carbons (Fsp3) is 0.391. The molecule has 0 fully saturated rings. The number of carbonyl (C=O) groups excluding carboxylic acids is 3. The molecule has 0 aromatic heterocycles. The Hall–Kier alpha value is -2.85. The Balaban J connectivity index is 1.65. The summed E-state index contributed by atoms with van der Waals surface area (Å²) in [4.78, 5) is 38.3. The molecule has 0 saturated carbocycles. The number of dihydropyridines is 1. The Bertz CT molecular complexity index is 968. The van der Waals surface area contributed by atoms with E-state index in [-0.39, 0.29) is 23.5 Å². The molecule has 0 spiro atoms. The summed E-state index contributed by atoms with van der Waals surface area (Å²) < 4.78 is 0. The third kappa shape index (κ3) is 4.05. The highest BCUT2D eigenvalue weighted by molar-refractivity contribution is 8.03. The zero-order valence-electron chi connectivity index (χ0n) is 17.4. The molecule has 6 nitrogen and oxygen atoms in total. The Kier molecular flexibility index (Phi) is 6.78. The van der Waals surface area contributed by atoms with Gasteiger partial charge in [-0.05, 0) is 38.8 Å². The summed E-state index contributed by atoms with van der Waals surface area (Å²) >= 11 is 1.50. The second kappa shape index (κ2) is 9.31. The first kappa shape index (κ1) is 21.8. The van der Waals surface area contributed by atoms with Crippen LogP contribution in [0.4, 0.5) is 0 Å². The Morgan fingerprint density at radius 1 is 1.23 bits per heavy atom. The smallest absolute Gasteiger partial charge is 0.261 e. The van der Waals surface area contributed by atoms with Crippen LogP contribution in [0.3, 0.4) is 0 Å². The van der Waals surface area contributed by atoms with Gasteiger partial charge < -0.3 is 5.32 Å². The first-order valence-electron chi connectivity index (χ1n) is 10.1.